The number of nitrogens with zero attached hydrogens (tertiary/aromatic N) is 2. The van der Waals surface area contributed by atoms with Crippen LogP contribution in [0.5, 0.6) is 5.75 Å². The van der Waals surface area contributed by atoms with Gasteiger partial charge < -0.3 is 4.74 Å². The number of hydrogen-bond acceptors (Lipinski definition) is 3. The smallest absolute Gasteiger partial charge is 0.119 e. The molecule has 0 N–H and O–H groups in total. The van der Waals surface area contributed by atoms with Crippen molar-refractivity contribution in [2.45, 2.75) is 0 Å². The highest BCUT2D eigenvalue weighted by Gasteiger charge is 2.01. The van der Waals surface area contributed by atoms with E-state index >= 15 is 0 Å². The first-order valence-electron chi connectivity index (χ1n) is 4.17. The number of aromatic nitrogens is 1. The van der Waals surface area contributed by atoms with Gasteiger partial charge in [0.15, 0.2) is 0 Å². The summed E-state index contributed by atoms with van der Waals surface area (Å²) in [6, 6.07) is 7.67. The lowest BCUT2D eigenvalue weighted by molar-refractivity contribution is 0.415. The largest absolute Gasteiger partial charge is 0.497 e. The summed E-state index contributed by atoms with van der Waals surface area (Å²) >= 11 is 0. The molecule has 1 heterocycles. The van der Waals surface area contributed by atoms with E-state index in [9.17, 15) is 0 Å². The van der Waals surface area contributed by atoms with E-state index in [1.54, 1.807) is 19.5 Å². The molecule has 0 radical (unpaired) electrons. The Balaban J connectivity index is 2.75. The molecule has 2 aromatic rings. The Hall–Kier alpha value is -2.08. The molecule has 3 nitrogen and oxygen atoms in total. The first-order chi connectivity index (χ1) is 6.85. The monoisotopic (exact) mass is 184 g/mol. The summed E-state index contributed by atoms with van der Waals surface area (Å²) in [5, 5.41) is 10.7. The van der Waals surface area contributed by atoms with E-state index in [1.807, 2.05) is 18.2 Å². The zero-order valence-corrected chi connectivity index (χ0v) is 7.69. The molecule has 1 aromatic heterocycles. The van der Waals surface area contributed by atoms with Crippen LogP contribution in [-0.4, -0.2) is 12.1 Å². The van der Waals surface area contributed by atoms with Crippen LogP contribution in [0.25, 0.3) is 10.8 Å². The second-order valence-corrected chi connectivity index (χ2v) is 2.89. The van der Waals surface area contributed by atoms with Crippen molar-refractivity contribution in [3.63, 3.8) is 0 Å². The van der Waals surface area contributed by atoms with Gasteiger partial charge in [0, 0.05) is 23.2 Å². The predicted molar refractivity (Wildman–Crippen MR) is 53.0 cm³/mol. The minimum absolute atomic E-state index is 0.588. The van der Waals surface area contributed by atoms with Gasteiger partial charge in [0.05, 0.1) is 12.7 Å². The fourth-order valence-electron chi connectivity index (χ4n) is 1.37. The van der Waals surface area contributed by atoms with Crippen molar-refractivity contribution >= 4 is 10.8 Å². The Morgan fingerprint density at radius 2 is 2.21 bits per heavy atom. The highest BCUT2D eigenvalue weighted by Crippen LogP contribution is 2.21. The first kappa shape index (κ1) is 8.52. The van der Waals surface area contributed by atoms with Crippen LogP contribution in [0.1, 0.15) is 5.56 Å². The van der Waals surface area contributed by atoms with Crippen molar-refractivity contribution in [3.8, 4) is 11.8 Å². The highest BCUT2D eigenvalue weighted by atomic mass is 16.5. The van der Waals surface area contributed by atoms with Crippen LogP contribution < -0.4 is 4.74 Å². The molecule has 14 heavy (non-hydrogen) atoms. The van der Waals surface area contributed by atoms with Crippen molar-refractivity contribution in [2.24, 2.45) is 0 Å². The third-order valence-corrected chi connectivity index (χ3v) is 2.09. The van der Waals surface area contributed by atoms with Crippen LogP contribution in [0.15, 0.2) is 30.6 Å². The van der Waals surface area contributed by atoms with Crippen molar-refractivity contribution in [1.29, 1.82) is 5.26 Å². The second-order valence-electron chi connectivity index (χ2n) is 2.89. The van der Waals surface area contributed by atoms with Gasteiger partial charge in [-0.15, -0.1) is 0 Å². The molecule has 0 atom stereocenters. The number of benzene rings is 1. The summed E-state index contributed by atoms with van der Waals surface area (Å²) in [6.07, 6.45) is 3.29. The van der Waals surface area contributed by atoms with Gasteiger partial charge >= 0.3 is 0 Å². The lowest BCUT2D eigenvalue weighted by atomic mass is 10.1. The molecule has 68 valence electrons. The molecule has 0 unspecified atom stereocenters. The minimum Gasteiger partial charge on any atom is -0.497 e. The predicted octanol–water partition coefficient (Wildman–Crippen LogP) is 2.12. The van der Waals surface area contributed by atoms with Gasteiger partial charge in [-0.2, -0.15) is 5.26 Å². The van der Waals surface area contributed by atoms with Crippen molar-refractivity contribution < 1.29 is 4.74 Å². The van der Waals surface area contributed by atoms with Crippen molar-refractivity contribution in [2.75, 3.05) is 7.11 Å². The van der Waals surface area contributed by atoms with Gasteiger partial charge in [0.1, 0.15) is 11.8 Å². The van der Waals surface area contributed by atoms with Gasteiger partial charge in [-0.25, -0.2) is 0 Å². The van der Waals surface area contributed by atoms with E-state index in [4.69, 9.17) is 10.00 Å². The Morgan fingerprint density at radius 3 is 2.93 bits per heavy atom. The maximum absolute atomic E-state index is 8.84. The zero-order valence-electron chi connectivity index (χ0n) is 7.69. The zero-order chi connectivity index (χ0) is 9.97. The van der Waals surface area contributed by atoms with E-state index < -0.39 is 0 Å². The summed E-state index contributed by atoms with van der Waals surface area (Å²) in [5.41, 5.74) is 0.588. The van der Waals surface area contributed by atoms with Gasteiger partial charge in [0.2, 0.25) is 0 Å². The van der Waals surface area contributed by atoms with Crippen LogP contribution in [-0.2, 0) is 0 Å². The number of nitriles is 1. The van der Waals surface area contributed by atoms with Crippen LogP contribution in [0.4, 0.5) is 0 Å². The minimum atomic E-state index is 0.588. The maximum atomic E-state index is 8.84. The molecule has 0 fully saturated rings. The molecule has 0 saturated heterocycles. The molecule has 0 saturated carbocycles. The van der Waals surface area contributed by atoms with E-state index in [2.05, 4.69) is 11.1 Å². The van der Waals surface area contributed by atoms with Crippen molar-refractivity contribution in [1.82, 2.24) is 4.98 Å². The molecule has 2 rings (SSSR count). The van der Waals surface area contributed by atoms with E-state index in [0.717, 1.165) is 16.5 Å². The fourth-order valence-corrected chi connectivity index (χ4v) is 1.37. The molecule has 1 aromatic carbocycles. The SMILES string of the molecule is COc1ccc2c(C#N)cncc2c1. The summed E-state index contributed by atoms with van der Waals surface area (Å²) in [5.74, 6) is 0.773. The Labute approximate surface area is 81.6 Å². The van der Waals surface area contributed by atoms with Crippen LogP contribution in [0, 0.1) is 11.3 Å². The third kappa shape index (κ3) is 1.27. The van der Waals surface area contributed by atoms with E-state index in [-0.39, 0.29) is 0 Å². The fraction of sp³-hybridized carbons (Fsp3) is 0.0909. The number of ether oxygens (including phenoxy) is 1. The topological polar surface area (TPSA) is 45.9 Å². The summed E-state index contributed by atoms with van der Waals surface area (Å²) in [7, 11) is 1.61. The molecule has 0 spiro atoms. The van der Waals surface area contributed by atoms with E-state index in [0.29, 0.717) is 5.56 Å². The van der Waals surface area contributed by atoms with Crippen LogP contribution in [0.3, 0.4) is 0 Å². The van der Waals surface area contributed by atoms with Gasteiger partial charge in [-0.05, 0) is 18.2 Å². The van der Waals surface area contributed by atoms with Gasteiger partial charge in [-0.3, -0.25) is 4.98 Å². The van der Waals surface area contributed by atoms with Crippen LogP contribution >= 0.6 is 0 Å². The van der Waals surface area contributed by atoms with Gasteiger partial charge in [-0.1, -0.05) is 0 Å². The summed E-state index contributed by atoms with van der Waals surface area (Å²) in [6.45, 7) is 0. The molecule has 0 amide bonds. The lowest BCUT2D eigenvalue weighted by Gasteiger charge is -2.02. The number of pyridine rings is 1. The average Bonchev–Trinajstić information content (AvgIpc) is 2.27. The molecule has 0 aliphatic heterocycles. The number of methoxy groups -OCH3 is 1. The second kappa shape index (κ2) is 3.35. The van der Waals surface area contributed by atoms with Gasteiger partial charge in [0.25, 0.3) is 0 Å². The molecule has 0 bridgehead atoms. The summed E-state index contributed by atoms with van der Waals surface area (Å²) < 4.78 is 5.09. The normalized spacial score (nSPS) is 9.71. The Morgan fingerprint density at radius 1 is 1.36 bits per heavy atom. The lowest BCUT2D eigenvalue weighted by Crippen LogP contribution is -1.85. The number of rotatable bonds is 1. The Kier molecular flexibility index (Phi) is 2.04. The highest BCUT2D eigenvalue weighted by molar-refractivity contribution is 5.87. The molecule has 3 heteroatoms. The first-order valence-corrected chi connectivity index (χ1v) is 4.17. The molecular formula is C11H8N2O. The average molecular weight is 184 g/mol. The third-order valence-electron chi connectivity index (χ3n) is 2.09. The molecule has 0 aliphatic rings. The quantitative estimate of drug-likeness (QED) is 0.681. The molecular weight excluding hydrogens is 176 g/mol. The standard InChI is InChI=1S/C11H8N2O/c1-14-10-2-3-11-8(4-10)6-13-7-9(11)5-12/h2-4,6-7H,1H3. The summed E-state index contributed by atoms with van der Waals surface area (Å²) in [4.78, 5) is 3.98. The van der Waals surface area contributed by atoms with Crippen molar-refractivity contribution in [3.05, 3.63) is 36.2 Å². The number of fused-ring (bicyclic) bond motifs is 1. The molecule has 0 aliphatic carbocycles. The van der Waals surface area contributed by atoms with Crippen LogP contribution in [0.2, 0.25) is 0 Å². The number of hydrogen-bond donors (Lipinski definition) is 0. The van der Waals surface area contributed by atoms with E-state index in [1.165, 1.54) is 0 Å². The Bertz CT molecular complexity index is 514. The maximum Gasteiger partial charge on any atom is 0.119 e.